The van der Waals surface area contributed by atoms with Crippen LogP contribution in [0, 0.1) is 10.1 Å². The van der Waals surface area contributed by atoms with Crippen molar-refractivity contribution in [2.75, 3.05) is 17.2 Å². The molecule has 2 aromatic rings. The molecule has 0 radical (unpaired) electrons. The normalized spacial score (nSPS) is 10.4. The van der Waals surface area contributed by atoms with Crippen LogP contribution in [0.4, 0.5) is 17.1 Å². The number of aryl methyl sites for hydroxylation is 1. The van der Waals surface area contributed by atoms with E-state index >= 15 is 0 Å². The lowest BCUT2D eigenvalue weighted by atomic mass is 10.2. The van der Waals surface area contributed by atoms with Crippen molar-refractivity contribution >= 4 is 17.1 Å². The molecule has 7 heteroatoms. The van der Waals surface area contributed by atoms with E-state index in [0.29, 0.717) is 12.2 Å². The molecule has 0 bridgehead atoms. The fraction of sp³-hybridized carbons (Fsp3) is 0.357. The van der Waals surface area contributed by atoms with Gasteiger partial charge in [-0.05, 0) is 18.6 Å². The maximum atomic E-state index is 11.0. The van der Waals surface area contributed by atoms with E-state index in [-0.39, 0.29) is 10.6 Å². The molecule has 0 aliphatic heterocycles. The SMILES string of the molecule is CCCNc1cc(NCc2ccn(C)n2)cc([N+](=O)[O-])c1. The molecular formula is C14H19N5O2. The van der Waals surface area contributed by atoms with E-state index in [4.69, 9.17) is 0 Å². The van der Waals surface area contributed by atoms with Crippen LogP contribution in [0.5, 0.6) is 0 Å². The zero-order valence-corrected chi connectivity index (χ0v) is 12.2. The molecule has 0 amide bonds. The lowest BCUT2D eigenvalue weighted by Crippen LogP contribution is -2.04. The molecule has 0 saturated carbocycles. The summed E-state index contributed by atoms with van der Waals surface area (Å²) >= 11 is 0. The Hall–Kier alpha value is -2.57. The van der Waals surface area contributed by atoms with Crippen molar-refractivity contribution in [3.63, 3.8) is 0 Å². The highest BCUT2D eigenvalue weighted by Crippen LogP contribution is 2.24. The Balaban J connectivity index is 2.12. The van der Waals surface area contributed by atoms with Crippen molar-refractivity contribution in [2.24, 2.45) is 7.05 Å². The van der Waals surface area contributed by atoms with Crippen LogP contribution in [0.1, 0.15) is 19.0 Å². The highest BCUT2D eigenvalue weighted by Gasteiger charge is 2.10. The van der Waals surface area contributed by atoms with Crippen LogP contribution < -0.4 is 10.6 Å². The van der Waals surface area contributed by atoms with E-state index in [1.807, 2.05) is 32.3 Å². The van der Waals surface area contributed by atoms with E-state index in [1.54, 1.807) is 10.7 Å². The molecule has 2 N–H and O–H groups in total. The lowest BCUT2D eigenvalue weighted by Gasteiger charge is -2.09. The second kappa shape index (κ2) is 6.74. The van der Waals surface area contributed by atoms with Gasteiger partial charge in [-0.3, -0.25) is 14.8 Å². The number of nitro benzene ring substituents is 1. The van der Waals surface area contributed by atoms with E-state index in [9.17, 15) is 10.1 Å². The first-order chi connectivity index (χ1) is 10.1. The van der Waals surface area contributed by atoms with E-state index in [1.165, 1.54) is 6.07 Å². The number of anilines is 2. The summed E-state index contributed by atoms with van der Waals surface area (Å²) < 4.78 is 1.72. The highest BCUT2D eigenvalue weighted by molar-refractivity contribution is 5.63. The van der Waals surface area contributed by atoms with Gasteiger partial charge in [-0.15, -0.1) is 0 Å². The Kier molecular flexibility index (Phi) is 4.76. The number of nitrogens with zero attached hydrogens (tertiary/aromatic N) is 3. The maximum Gasteiger partial charge on any atom is 0.273 e. The number of nitro groups is 1. The summed E-state index contributed by atoms with van der Waals surface area (Å²) in [5.74, 6) is 0. The summed E-state index contributed by atoms with van der Waals surface area (Å²) in [6.45, 7) is 3.35. The first-order valence-corrected chi connectivity index (χ1v) is 6.84. The summed E-state index contributed by atoms with van der Waals surface area (Å²) in [5, 5.41) is 21.6. The number of rotatable bonds is 7. The van der Waals surface area contributed by atoms with Crippen LogP contribution in [0.15, 0.2) is 30.5 Å². The number of aromatic nitrogens is 2. The number of hydrogen-bond acceptors (Lipinski definition) is 5. The zero-order valence-electron chi connectivity index (χ0n) is 12.2. The predicted molar refractivity (Wildman–Crippen MR) is 82.4 cm³/mol. The van der Waals surface area contributed by atoms with Gasteiger partial charge in [0, 0.05) is 43.3 Å². The molecule has 1 aromatic carbocycles. The highest BCUT2D eigenvalue weighted by atomic mass is 16.6. The van der Waals surface area contributed by atoms with E-state index in [2.05, 4.69) is 15.7 Å². The van der Waals surface area contributed by atoms with Crippen LogP contribution >= 0.6 is 0 Å². The number of benzene rings is 1. The van der Waals surface area contributed by atoms with Crippen LogP contribution in [0.2, 0.25) is 0 Å². The summed E-state index contributed by atoms with van der Waals surface area (Å²) in [6, 6.07) is 6.84. The van der Waals surface area contributed by atoms with E-state index in [0.717, 1.165) is 24.3 Å². The predicted octanol–water partition coefficient (Wildman–Crippen LogP) is 2.76. The molecule has 0 spiro atoms. The summed E-state index contributed by atoms with van der Waals surface area (Å²) in [5.41, 5.74) is 2.40. The third-order valence-electron chi connectivity index (χ3n) is 2.95. The van der Waals surface area contributed by atoms with Gasteiger partial charge < -0.3 is 10.6 Å². The minimum absolute atomic E-state index is 0.0691. The monoisotopic (exact) mass is 289 g/mol. The molecule has 0 saturated heterocycles. The number of non-ortho nitro benzene ring substituents is 1. The first kappa shape index (κ1) is 14.8. The second-order valence-electron chi connectivity index (χ2n) is 4.79. The van der Waals surface area contributed by atoms with Gasteiger partial charge in [0.15, 0.2) is 0 Å². The van der Waals surface area contributed by atoms with Crippen molar-refractivity contribution in [3.05, 3.63) is 46.3 Å². The summed E-state index contributed by atoms with van der Waals surface area (Å²) in [4.78, 5) is 10.6. The smallest absolute Gasteiger partial charge is 0.273 e. The van der Waals surface area contributed by atoms with Crippen LogP contribution in [-0.4, -0.2) is 21.2 Å². The Bertz CT molecular complexity index is 624. The van der Waals surface area contributed by atoms with Gasteiger partial charge in [-0.1, -0.05) is 6.92 Å². The van der Waals surface area contributed by atoms with Gasteiger partial charge in [-0.25, -0.2) is 0 Å². The van der Waals surface area contributed by atoms with Crippen LogP contribution in [0.3, 0.4) is 0 Å². The average molecular weight is 289 g/mol. The fourth-order valence-corrected chi connectivity index (χ4v) is 1.94. The van der Waals surface area contributed by atoms with Gasteiger partial charge >= 0.3 is 0 Å². The minimum atomic E-state index is -0.386. The third kappa shape index (κ3) is 4.20. The molecule has 2 rings (SSSR count). The van der Waals surface area contributed by atoms with Crippen molar-refractivity contribution in [1.29, 1.82) is 0 Å². The quantitative estimate of drug-likeness (QED) is 0.604. The number of hydrogen-bond donors (Lipinski definition) is 2. The molecule has 0 atom stereocenters. The third-order valence-corrected chi connectivity index (χ3v) is 2.95. The molecule has 21 heavy (non-hydrogen) atoms. The van der Waals surface area contributed by atoms with Gasteiger partial charge in [0.2, 0.25) is 0 Å². The standard InChI is InChI=1S/C14H19N5O2/c1-3-5-15-12-7-13(9-14(8-12)19(20)21)16-10-11-4-6-18(2)17-11/h4,6-9,15-16H,3,5,10H2,1-2H3. The fourth-order valence-electron chi connectivity index (χ4n) is 1.94. The number of nitrogens with one attached hydrogen (secondary N) is 2. The Labute approximate surface area is 123 Å². The van der Waals surface area contributed by atoms with Crippen molar-refractivity contribution < 1.29 is 4.92 Å². The van der Waals surface area contributed by atoms with Crippen LogP contribution in [-0.2, 0) is 13.6 Å². The summed E-state index contributed by atoms with van der Waals surface area (Å²) in [6.07, 6.45) is 2.82. The molecule has 112 valence electrons. The average Bonchev–Trinajstić information content (AvgIpc) is 2.88. The second-order valence-corrected chi connectivity index (χ2v) is 4.79. The van der Waals surface area contributed by atoms with Gasteiger partial charge in [0.05, 0.1) is 17.2 Å². The zero-order chi connectivity index (χ0) is 15.2. The van der Waals surface area contributed by atoms with Gasteiger partial charge in [0.1, 0.15) is 0 Å². The van der Waals surface area contributed by atoms with Gasteiger partial charge in [0.25, 0.3) is 5.69 Å². The molecule has 0 aliphatic carbocycles. The van der Waals surface area contributed by atoms with Crippen LogP contribution in [0.25, 0.3) is 0 Å². The Morgan fingerprint density at radius 1 is 1.29 bits per heavy atom. The van der Waals surface area contributed by atoms with Crippen molar-refractivity contribution in [2.45, 2.75) is 19.9 Å². The van der Waals surface area contributed by atoms with Crippen molar-refractivity contribution in [3.8, 4) is 0 Å². The molecular weight excluding hydrogens is 270 g/mol. The molecule has 0 fully saturated rings. The minimum Gasteiger partial charge on any atom is -0.385 e. The largest absolute Gasteiger partial charge is 0.385 e. The molecule has 1 heterocycles. The van der Waals surface area contributed by atoms with E-state index < -0.39 is 0 Å². The Morgan fingerprint density at radius 2 is 2.00 bits per heavy atom. The first-order valence-electron chi connectivity index (χ1n) is 6.84. The topological polar surface area (TPSA) is 85.0 Å². The molecule has 7 nitrogen and oxygen atoms in total. The molecule has 0 aliphatic rings. The molecule has 1 aromatic heterocycles. The molecule has 0 unspecified atom stereocenters. The lowest BCUT2D eigenvalue weighted by molar-refractivity contribution is -0.384. The Morgan fingerprint density at radius 3 is 2.57 bits per heavy atom. The maximum absolute atomic E-state index is 11.0. The summed E-state index contributed by atoms with van der Waals surface area (Å²) in [7, 11) is 1.85. The van der Waals surface area contributed by atoms with Crippen molar-refractivity contribution in [1.82, 2.24) is 9.78 Å². The van der Waals surface area contributed by atoms with Gasteiger partial charge in [-0.2, -0.15) is 5.10 Å².